The molecule has 0 bridgehead atoms. The first-order valence-corrected chi connectivity index (χ1v) is 16.0. The molecule has 250 valence electrons. The fourth-order valence-electron chi connectivity index (χ4n) is 2.88. The third-order valence-corrected chi connectivity index (χ3v) is 7.80. The fraction of sp³-hybridized carbons (Fsp3) is 0.464. The van der Waals surface area contributed by atoms with Crippen molar-refractivity contribution in [2.75, 3.05) is 0 Å². The number of rotatable bonds is 11. The number of benzene rings is 2. The first-order valence-electron chi connectivity index (χ1n) is 12.8. The first kappa shape index (κ1) is 42.7. The zero-order valence-corrected chi connectivity index (χ0v) is 31.6. The van der Waals surface area contributed by atoms with Crippen LogP contribution >= 0.6 is 63.7 Å². The molecule has 0 spiro atoms. The monoisotopic (exact) mass is 890 g/mol. The van der Waals surface area contributed by atoms with E-state index in [4.69, 9.17) is 19.7 Å². The number of hydrogen-bond acceptors (Lipinski definition) is 11. The van der Waals surface area contributed by atoms with Crippen molar-refractivity contribution in [3.63, 3.8) is 0 Å². The molecule has 0 atom stereocenters. The lowest BCUT2D eigenvalue weighted by molar-refractivity contribution is -0.387. The summed E-state index contributed by atoms with van der Waals surface area (Å²) in [7, 11) is 0. The molecule has 0 fully saturated rings. The van der Waals surface area contributed by atoms with Gasteiger partial charge in [0, 0.05) is 0 Å². The van der Waals surface area contributed by atoms with Crippen LogP contribution in [0.5, 0.6) is 0 Å². The number of halogens is 4. The van der Waals surface area contributed by atoms with Crippen LogP contribution in [0.2, 0.25) is 0 Å². The van der Waals surface area contributed by atoms with Gasteiger partial charge in [-0.2, -0.15) is 0 Å². The van der Waals surface area contributed by atoms with E-state index in [1.165, 1.54) is 24.3 Å². The molecule has 0 aliphatic heterocycles. The van der Waals surface area contributed by atoms with Crippen molar-refractivity contribution in [1.82, 2.24) is 0 Å². The van der Waals surface area contributed by atoms with Gasteiger partial charge in [0.25, 0.3) is 11.4 Å². The lowest BCUT2D eigenvalue weighted by atomic mass is 10.1. The number of esters is 2. The first-order chi connectivity index (χ1) is 20.5. The number of nitro benzene ring substituents is 2. The summed E-state index contributed by atoms with van der Waals surface area (Å²) in [5.41, 5.74) is 0.451. The predicted molar refractivity (Wildman–Crippen MR) is 181 cm³/mol. The van der Waals surface area contributed by atoms with E-state index >= 15 is 0 Å². The van der Waals surface area contributed by atoms with Gasteiger partial charge >= 0.3 is 11.9 Å². The van der Waals surface area contributed by atoms with Crippen LogP contribution in [0, 0.1) is 20.2 Å². The molecule has 2 rings (SSSR count). The maximum Gasteiger partial charge on any atom is 0.322 e. The zero-order valence-electron chi connectivity index (χ0n) is 25.3. The van der Waals surface area contributed by atoms with E-state index in [1.807, 2.05) is 0 Å². The molecule has 0 aliphatic carbocycles. The third-order valence-electron chi connectivity index (χ3n) is 5.27. The van der Waals surface area contributed by atoms with Crippen molar-refractivity contribution in [3.8, 4) is 0 Å². The van der Waals surface area contributed by atoms with Crippen molar-refractivity contribution in [2.24, 2.45) is 0 Å². The second-order valence-electron chi connectivity index (χ2n) is 10.5. The van der Waals surface area contributed by atoms with Gasteiger partial charge in [-0.15, -0.1) is 0 Å². The molecule has 2 aromatic carbocycles. The van der Waals surface area contributed by atoms with E-state index in [9.17, 15) is 34.6 Å². The van der Waals surface area contributed by atoms with Crippen molar-refractivity contribution < 1.29 is 43.9 Å². The van der Waals surface area contributed by atoms with Gasteiger partial charge in [-0.3, -0.25) is 34.6 Å². The van der Waals surface area contributed by atoms with Gasteiger partial charge in [0.2, 0.25) is 4.69 Å². The summed E-state index contributed by atoms with van der Waals surface area (Å²) in [6.45, 7) is 8.71. The Labute approximate surface area is 293 Å². The average molecular weight is 894 g/mol. The van der Waals surface area contributed by atoms with Crippen LogP contribution in [0.25, 0.3) is 0 Å². The van der Waals surface area contributed by atoms with Crippen molar-refractivity contribution in [3.05, 3.63) is 78.9 Å². The highest BCUT2D eigenvalue weighted by atomic mass is 79.9. The molecule has 0 radical (unpaired) electrons. The number of carbonyl (C=O) groups is 3. The topological polar surface area (TPSA) is 196 Å². The van der Waals surface area contributed by atoms with Crippen molar-refractivity contribution in [2.45, 2.75) is 80.9 Å². The van der Waals surface area contributed by atoms with E-state index < -0.39 is 48.0 Å². The molecular formula is C28H34Br4N2O11. The van der Waals surface area contributed by atoms with Crippen LogP contribution in [-0.2, 0) is 50.3 Å². The number of nitrogens with zero attached hydrogens (tertiary/aromatic N) is 2. The van der Waals surface area contributed by atoms with Gasteiger partial charge in [-0.05, 0) is 81.7 Å². The average Bonchev–Trinajstić information content (AvgIpc) is 2.92. The van der Waals surface area contributed by atoms with Crippen LogP contribution < -0.4 is 0 Å². The van der Waals surface area contributed by atoms with Gasteiger partial charge in [0.15, 0.2) is 0 Å². The number of alkyl halides is 3. The molecule has 0 amide bonds. The number of hydrogen-bond donors (Lipinski definition) is 2. The standard InChI is InChI=1S/C16H19Br2NO6.C8H9NO4.C4H6Br2O/c1-15(2,17)13(20)24-8-10-6-5-7-11(12(10)19(22)23)9-25-14(21)16(3,4)18;10-4-6-2-1-3-7(5-11)8(6)9(12)13;1-4(2,6)3(5)7/h5-7H,8-9H2,1-4H3;1-3,10-11H,4-5H2;1-2H3. The Bertz CT molecular complexity index is 1300. The zero-order chi connectivity index (χ0) is 35.3. The highest BCUT2D eigenvalue weighted by Gasteiger charge is 2.29. The highest BCUT2D eigenvalue weighted by Crippen LogP contribution is 2.28. The number of carbonyl (C=O) groups excluding carboxylic acids is 3. The van der Waals surface area contributed by atoms with Crippen LogP contribution in [0.15, 0.2) is 36.4 Å². The van der Waals surface area contributed by atoms with Crippen LogP contribution in [0.4, 0.5) is 11.4 Å². The maximum atomic E-state index is 11.8. The lowest BCUT2D eigenvalue weighted by Crippen LogP contribution is -2.27. The van der Waals surface area contributed by atoms with E-state index in [1.54, 1.807) is 53.7 Å². The molecule has 2 N–H and O–H groups in total. The molecule has 2 aromatic rings. The van der Waals surface area contributed by atoms with Crippen molar-refractivity contribution in [1.29, 1.82) is 0 Å². The Morgan fingerprint density at radius 1 is 0.667 bits per heavy atom. The number of aliphatic hydroxyl groups excluding tert-OH is 2. The molecule has 0 aliphatic rings. The second kappa shape index (κ2) is 18.7. The molecule has 17 heteroatoms. The summed E-state index contributed by atoms with van der Waals surface area (Å²) in [6.07, 6.45) is 0. The Balaban J connectivity index is 0.000000798. The Morgan fingerprint density at radius 3 is 1.16 bits per heavy atom. The summed E-state index contributed by atoms with van der Waals surface area (Å²) in [5, 5.41) is 39.6. The maximum absolute atomic E-state index is 11.8. The fourth-order valence-corrected chi connectivity index (χ4v) is 3.10. The lowest BCUT2D eigenvalue weighted by Gasteiger charge is -2.16. The summed E-state index contributed by atoms with van der Waals surface area (Å²) < 4.78 is 8.00. The third kappa shape index (κ3) is 15.2. The van der Waals surface area contributed by atoms with Gasteiger partial charge in [-0.1, -0.05) is 59.9 Å². The Hall–Kier alpha value is -2.31. The second-order valence-corrected chi connectivity index (χ2v) is 17.2. The minimum absolute atomic E-state index is 0.0278. The number of aliphatic hydroxyl groups is 2. The molecule has 0 aromatic heterocycles. The summed E-state index contributed by atoms with van der Waals surface area (Å²) in [6, 6.07) is 9.04. The summed E-state index contributed by atoms with van der Waals surface area (Å²) >= 11 is 12.3. The number of para-hydroxylation sites is 2. The molecule has 0 heterocycles. The summed E-state index contributed by atoms with van der Waals surface area (Å²) in [4.78, 5) is 54.8. The van der Waals surface area contributed by atoms with Gasteiger partial charge < -0.3 is 19.7 Å². The number of ether oxygens (including phenoxy) is 2. The van der Waals surface area contributed by atoms with Gasteiger partial charge in [0.05, 0.1) is 49.6 Å². The SMILES string of the molecule is CC(C)(Br)C(=O)Br.CC(C)(Br)C(=O)OCc1cccc(COC(=O)C(C)(C)Br)c1[N+](=O)[O-].O=[N+]([O-])c1c(CO)cccc1CO. The predicted octanol–water partition coefficient (Wildman–Crippen LogP) is 6.69. The van der Waals surface area contributed by atoms with Gasteiger partial charge in [-0.25, -0.2) is 0 Å². The summed E-state index contributed by atoms with van der Waals surface area (Å²) in [5.74, 6) is -1.08. The molecule has 0 saturated carbocycles. The van der Waals surface area contributed by atoms with Gasteiger partial charge in [0.1, 0.15) is 21.9 Å². The normalized spacial score (nSPS) is 11.2. The largest absolute Gasteiger partial charge is 0.460 e. The smallest absolute Gasteiger partial charge is 0.322 e. The van der Waals surface area contributed by atoms with E-state index in [-0.39, 0.29) is 51.5 Å². The molecule has 13 nitrogen and oxygen atoms in total. The molecule has 0 unspecified atom stereocenters. The Kier molecular flexibility index (Phi) is 17.8. The molecule has 45 heavy (non-hydrogen) atoms. The van der Waals surface area contributed by atoms with E-state index in [0.717, 1.165) is 0 Å². The number of nitro groups is 2. The Morgan fingerprint density at radius 2 is 0.933 bits per heavy atom. The minimum Gasteiger partial charge on any atom is -0.460 e. The molecular weight excluding hydrogens is 860 g/mol. The van der Waals surface area contributed by atoms with Crippen molar-refractivity contribution >= 4 is 91.7 Å². The van der Waals surface area contributed by atoms with Crippen LogP contribution in [0.3, 0.4) is 0 Å². The quantitative estimate of drug-likeness (QED) is 0.0802. The van der Waals surface area contributed by atoms with E-state index in [2.05, 4.69) is 63.7 Å². The van der Waals surface area contributed by atoms with Crippen LogP contribution in [-0.4, -0.2) is 49.7 Å². The highest BCUT2D eigenvalue weighted by molar-refractivity contribution is 9.20. The molecule has 0 saturated heterocycles. The minimum atomic E-state index is -0.892. The van der Waals surface area contributed by atoms with E-state index in [0.29, 0.717) is 0 Å². The van der Waals surface area contributed by atoms with Crippen LogP contribution in [0.1, 0.15) is 63.8 Å².